The predicted octanol–water partition coefficient (Wildman–Crippen LogP) is -4.31. The molecule has 0 fully saturated rings. The fraction of sp³-hybridized carbons (Fsp3) is 0.600. The molecule has 2 aliphatic heterocycles. The zero-order valence-electron chi connectivity index (χ0n) is 21.1. The van der Waals surface area contributed by atoms with Crippen LogP contribution in [0.3, 0.4) is 0 Å². The minimum Gasteiger partial charge on any atom is -0.748 e. The second-order valence-electron chi connectivity index (χ2n) is 7.68. The molecule has 0 bridgehead atoms. The molecule has 4 heterocycles. The van der Waals surface area contributed by atoms with Crippen LogP contribution < -0.4 is 99.9 Å². The zero-order valence-corrected chi connectivity index (χ0v) is 29.5. The van der Waals surface area contributed by atoms with Crippen LogP contribution in [0.5, 0.6) is 23.0 Å². The Labute approximate surface area is 294 Å². The fourth-order valence-corrected chi connectivity index (χ4v) is 5.28. The Morgan fingerprint density at radius 3 is 1.47 bits per heavy atom. The number of fused-ring (bicyclic) bond motifs is 2. The summed E-state index contributed by atoms with van der Waals surface area (Å²) >= 11 is 3.00. The fourth-order valence-electron chi connectivity index (χ4n) is 2.99. The van der Waals surface area contributed by atoms with E-state index in [1.807, 2.05) is 21.5 Å². The Morgan fingerprint density at radius 1 is 0.737 bits per heavy atom. The van der Waals surface area contributed by atoms with E-state index in [2.05, 4.69) is 0 Å². The SMILES string of the molecule is O=S(=O)([O-])CCCOCC1COc2cscc2O1.O=S(=O)([O-])CCCOCC1COc2cscc2O1.[K+].[Na+]. The molecule has 0 N–H and O–H groups in total. The average Bonchev–Trinajstić information content (AvgIpc) is 3.46. The third-order valence-electron chi connectivity index (χ3n) is 4.60. The van der Waals surface area contributed by atoms with Crippen molar-refractivity contribution >= 4 is 42.9 Å². The first-order chi connectivity index (χ1) is 17.1. The maximum Gasteiger partial charge on any atom is 1.00 e. The molecule has 4 rings (SSSR count). The summed E-state index contributed by atoms with van der Waals surface area (Å²) in [6.07, 6.45) is -0.00131. The molecule has 0 aliphatic carbocycles. The van der Waals surface area contributed by atoms with Crippen molar-refractivity contribution in [2.75, 3.05) is 51.1 Å². The van der Waals surface area contributed by atoms with Gasteiger partial charge in [0.2, 0.25) is 0 Å². The number of hydrogen-bond acceptors (Lipinski definition) is 14. The molecule has 0 radical (unpaired) electrons. The van der Waals surface area contributed by atoms with Crippen molar-refractivity contribution in [1.82, 2.24) is 0 Å². The van der Waals surface area contributed by atoms with Crippen LogP contribution in [-0.4, -0.2) is 89.3 Å². The van der Waals surface area contributed by atoms with Crippen LogP contribution in [-0.2, 0) is 29.7 Å². The second-order valence-corrected chi connectivity index (χ2v) is 12.2. The van der Waals surface area contributed by atoms with Gasteiger partial charge in [0, 0.05) is 46.2 Å². The summed E-state index contributed by atoms with van der Waals surface area (Å²) in [5.41, 5.74) is 0. The van der Waals surface area contributed by atoms with Crippen LogP contribution in [0.2, 0.25) is 0 Å². The van der Waals surface area contributed by atoms with Crippen molar-refractivity contribution in [2.24, 2.45) is 0 Å². The van der Waals surface area contributed by atoms with Gasteiger partial charge in [0.05, 0.1) is 33.5 Å². The van der Waals surface area contributed by atoms with Gasteiger partial charge in [0.25, 0.3) is 0 Å². The molecule has 0 saturated carbocycles. The molecular weight excluding hydrogens is 623 g/mol. The maximum absolute atomic E-state index is 10.3. The van der Waals surface area contributed by atoms with E-state index in [4.69, 9.17) is 28.4 Å². The molecule has 0 saturated heterocycles. The molecule has 204 valence electrons. The van der Waals surface area contributed by atoms with Crippen LogP contribution in [0.4, 0.5) is 0 Å². The third-order valence-corrected chi connectivity index (χ3v) is 7.57. The van der Waals surface area contributed by atoms with E-state index in [-0.39, 0.29) is 119 Å². The van der Waals surface area contributed by atoms with Gasteiger partial charge in [-0.15, -0.1) is 22.7 Å². The summed E-state index contributed by atoms with van der Waals surface area (Å²) in [6, 6.07) is 0. The Balaban J connectivity index is 0.000000361. The largest absolute Gasteiger partial charge is 1.00 e. The van der Waals surface area contributed by atoms with E-state index < -0.39 is 31.7 Å². The molecule has 2 aromatic heterocycles. The summed E-state index contributed by atoms with van der Waals surface area (Å²) in [5, 5.41) is 7.44. The molecule has 2 atom stereocenters. The molecule has 0 aromatic carbocycles. The van der Waals surface area contributed by atoms with Crippen LogP contribution in [0.25, 0.3) is 0 Å². The summed E-state index contributed by atoms with van der Waals surface area (Å²) < 4.78 is 94.7. The molecule has 2 aromatic rings. The van der Waals surface area contributed by atoms with Gasteiger partial charge in [0.1, 0.15) is 13.2 Å². The van der Waals surface area contributed by atoms with Crippen LogP contribution in [0.15, 0.2) is 21.5 Å². The van der Waals surface area contributed by atoms with Crippen LogP contribution >= 0.6 is 22.7 Å². The van der Waals surface area contributed by atoms with Gasteiger partial charge in [-0.05, 0) is 12.8 Å². The molecular formula is C20H26KNaO12S4. The average molecular weight is 649 g/mol. The summed E-state index contributed by atoms with van der Waals surface area (Å²) in [7, 11) is -8.29. The Hall–Kier alpha value is 0.976. The first-order valence-corrected chi connectivity index (χ1v) is 15.9. The molecule has 38 heavy (non-hydrogen) atoms. The van der Waals surface area contributed by atoms with Crippen LogP contribution in [0.1, 0.15) is 12.8 Å². The zero-order chi connectivity index (χ0) is 26.0. The second kappa shape index (κ2) is 18.5. The molecule has 18 heteroatoms. The van der Waals surface area contributed by atoms with Gasteiger partial charge in [-0.3, -0.25) is 0 Å². The molecule has 0 spiro atoms. The van der Waals surface area contributed by atoms with Gasteiger partial charge in [-0.1, -0.05) is 0 Å². The van der Waals surface area contributed by atoms with Crippen molar-refractivity contribution in [3.8, 4) is 23.0 Å². The Morgan fingerprint density at radius 2 is 1.11 bits per heavy atom. The summed E-state index contributed by atoms with van der Waals surface area (Å²) in [6.45, 7) is 1.88. The maximum atomic E-state index is 10.3. The Bertz CT molecular complexity index is 1060. The number of thiophene rings is 2. The van der Waals surface area contributed by atoms with Crippen molar-refractivity contribution in [3.05, 3.63) is 21.5 Å². The van der Waals surface area contributed by atoms with E-state index in [1.54, 1.807) is 0 Å². The third kappa shape index (κ3) is 14.7. The van der Waals surface area contributed by atoms with Gasteiger partial charge in [-0.2, -0.15) is 0 Å². The number of rotatable bonds is 12. The summed E-state index contributed by atoms with van der Waals surface area (Å²) in [4.78, 5) is 0. The minimum atomic E-state index is -4.15. The van der Waals surface area contributed by atoms with Gasteiger partial charge < -0.3 is 37.5 Å². The van der Waals surface area contributed by atoms with Crippen LogP contribution in [0, 0.1) is 0 Å². The molecule has 2 aliphatic rings. The number of ether oxygens (including phenoxy) is 6. The molecule has 12 nitrogen and oxygen atoms in total. The standard InChI is InChI=1S/2C10H14O6S2.K.Na/c2*11-18(12,13)3-1-2-14-4-8-5-15-9-6-17-7-10(9)16-8;;/h2*6-8H,1-5H2,(H,11,12,13);;/q;;2*+1/p-2. The van der Waals surface area contributed by atoms with Crippen molar-refractivity contribution in [2.45, 2.75) is 25.0 Å². The first-order valence-electron chi connectivity index (χ1n) is 10.8. The topological polar surface area (TPSA) is 170 Å². The van der Waals surface area contributed by atoms with Crippen molar-refractivity contribution < 1.29 is 135 Å². The molecule has 2 unspecified atom stereocenters. The normalized spacial score (nSPS) is 17.8. The molecule has 0 amide bonds. The summed E-state index contributed by atoms with van der Waals surface area (Å²) in [5.74, 6) is 2.11. The van der Waals surface area contributed by atoms with E-state index in [9.17, 15) is 25.9 Å². The monoisotopic (exact) mass is 648 g/mol. The van der Waals surface area contributed by atoms with Gasteiger partial charge in [-0.25, -0.2) is 16.8 Å². The predicted molar refractivity (Wildman–Crippen MR) is 128 cm³/mol. The van der Waals surface area contributed by atoms with Crippen molar-refractivity contribution in [1.29, 1.82) is 0 Å². The van der Waals surface area contributed by atoms with E-state index in [0.29, 0.717) is 37.9 Å². The van der Waals surface area contributed by atoms with Gasteiger partial charge in [0.15, 0.2) is 35.2 Å². The smallest absolute Gasteiger partial charge is 0.748 e. The minimum absolute atomic E-state index is 0. The van der Waals surface area contributed by atoms with E-state index >= 15 is 0 Å². The Kier molecular flexibility index (Phi) is 18.0. The van der Waals surface area contributed by atoms with Gasteiger partial charge >= 0.3 is 80.9 Å². The van der Waals surface area contributed by atoms with E-state index in [1.165, 1.54) is 22.7 Å². The van der Waals surface area contributed by atoms with Crippen molar-refractivity contribution in [3.63, 3.8) is 0 Å². The van der Waals surface area contributed by atoms with E-state index in [0.717, 1.165) is 11.5 Å². The quantitative estimate of drug-likeness (QED) is 0.123. The first kappa shape index (κ1) is 37.0. The number of hydrogen-bond donors (Lipinski definition) is 0.